The lowest BCUT2D eigenvalue weighted by Crippen LogP contribution is -2.20. The fraction of sp³-hybridized carbons (Fsp3) is 0.938. The van der Waals surface area contributed by atoms with Crippen LogP contribution in [0.2, 0.25) is 0 Å². The van der Waals surface area contributed by atoms with Gasteiger partial charge in [-0.15, -0.1) is 0 Å². The summed E-state index contributed by atoms with van der Waals surface area (Å²) in [5, 5.41) is 0. The minimum atomic E-state index is 0.292. The van der Waals surface area contributed by atoms with Gasteiger partial charge >= 0.3 is 0 Å². The van der Waals surface area contributed by atoms with Crippen LogP contribution in [0, 0.1) is 0 Å². The van der Waals surface area contributed by atoms with Crippen molar-refractivity contribution in [3.63, 3.8) is 0 Å². The van der Waals surface area contributed by atoms with E-state index in [9.17, 15) is 4.79 Å². The molecule has 0 aromatic carbocycles. The molecule has 3 saturated heterocycles. The third-order valence-electron chi connectivity index (χ3n) is 4.52. The standard InChI is InChI=1S/C6H13N.C5H9NO.C5H11N/c1-6-4-3-5-7(6)2;1-6-4-2-3-5(6)7;1-6-4-2-3-5-6/h6H,3-5H2,1-2H3;2-4H2,1H3;2-5H2,1H3. The van der Waals surface area contributed by atoms with Gasteiger partial charge in [0.25, 0.3) is 0 Å². The fourth-order valence-electron chi connectivity index (χ4n) is 2.74. The first-order valence-corrected chi connectivity index (χ1v) is 8.13. The van der Waals surface area contributed by atoms with E-state index in [1.54, 1.807) is 4.90 Å². The van der Waals surface area contributed by atoms with E-state index in [0.717, 1.165) is 25.4 Å². The van der Waals surface area contributed by atoms with Crippen molar-refractivity contribution in [2.24, 2.45) is 0 Å². The molecule has 0 bridgehead atoms. The minimum absolute atomic E-state index is 0.292. The van der Waals surface area contributed by atoms with Crippen molar-refractivity contribution in [3.05, 3.63) is 0 Å². The Kier molecular flexibility index (Phi) is 8.15. The molecule has 3 rings (SSSR count). The number of carbonyl (C=O) groups excluding carboxylic acids is 1. The monoisotopic (exact) mass is 283 g/mol. The van der Waals surface area contributed by atoms with E-state index in [4.69, 9.17) is 0 Å². The highest BCUT2D eigenvalue weighted by Gasteiger charge is 2.14. The number of carbonyl (C=O) groups is 1. The van der Waals surface area contributed by atoms with Gasteiger partial charge in [0.1, 0.15) is 0 Å². The molecule has 1 unspecified atom stereocenters. The number of likely N-dealkylation sites (tertiary alicyclic amines) is 3. The molecule has 4 nitrogen and oxygen atoms in total. The van der Waals surface area contributed by atoms with Crippen LogP contribution in [0.5, 0.6) is 0 Å². The Morgan fingerprint density at radius 1 is 0.900 bits per heavy atom. The van der Waals surface area contributed by atoms with Crippen LogP contribution in [0.4, 0.5) is 0 Å². The van der Waals surface area contributed by atoms with Crippen molar-refractivity contribution in [2.45, 2.75) is 51.5 Å². The van der Waals surface area contributed by atoms with E-state index in [1.165, 1.54) is 45.3 Å². The average Bonchev–Trinajstić information content (AvgIpc) is 3.11. The summed E-state index contributed by atoms with van der Waals surface area (Å²) in [7, 11) is 6.21. The first-order chi connectivity index (χ1) is 9.50. The van der Waals surface area contributed by atoms with E-state index < -0.39 is 0 Å². The highest BCUT2D eigenvalue weighted by Crippen LogP contribution is 2.12. The number of hydrogen-bond donors (Lipinski definition) is 0. The lowest BCUT2D eigenvalue weighted by atomic mass is 10.3. The number of nitrogens with zero attached hydrogens (tertiary/aromatic N) is 3. The second kappa shape index (κ2) is 9.35. The maximum atomic E-state index is 10.5. The predicted molar refractivity (Wildman–Crippen MR) is 84.9 cm³/mol. The maximum absolute atomic E-state index is 10.5. The second-order valence-electron chi connectivity index (χ2n) is 6.40. The van der Waals surface area contributed by atoms with Crippen LogP contribution in [0.3, 0.4) is 0 Å². The zero-order chi connectivity index (χ0) is 15.0. The summed E-state index contributed by atoms with van der Waals surface area (Å²) in [6.45, 7) is 7.19. The fourth-order valence-corrected chi connectivity index (χ4v) is 2.74. The highest BCUT2D eigenvalue weighted by atomic mass is 16.2. The molecule has 4 heteroatoms. The van der Waals surface area contributed by atoms with Gasteiger partial charge in [0.2, 0.25) is 5.91 Å². The van der Waals surface area contributed by atoms with Crippen LogP contribution < -0.4 is 0 Å². The van der Waals surface area contributed by atoms with Gasteiger partial charge in [-0.3, -0.25) is 4.79 Å². The Morgan fingerprint density at radius 3 is 1.70 bits per heavy atom. The van der Waals surface area contributed by atoms with Crippen LogP contribution in [0.1, 0.15) is 45.4 Å². The van der Waals surface area contributed by atoms with Crippen molar-refractivity contribution >= 4 is 5.91 Å². The normalized spacial score (nSPS) is 27.1. The molecule has 1 atom stereocenters. The summed E-state index contributed by atoms with van der Waals surface area (Å²) in [4.78, 5) is 17.0. The summed E-state index contributed by atoms with van der Waals surface area (Å²) in [6, 6.07) is 0.847. The molecule has 3 aliphatic rings. The summed E-state index contributed by atoms with van der Waals surface area (Å²) < 4.78 is 0. The van der Waals surface area contributed by atoms with Gasteiger partial charge in [-0.2, -0.15) is 0 Å². The van der Waals surface area contributed by atoms with Crippen LogP contribution in [-0.2, 0) is 4.79 Å². The molecule has 3 heterocycles. The molecule has 0 aromatic rings. The predicted octanol–water partition coefficient (Wildman–Crippen LogP) is 2.05. The molecule has 0 spiro atoms. The topological polar surface area (TPSA) is 26.8 Å². The van der Waals surface area contributed by atoms with E-state index in [2.05, 4.69) is 30.8 Å². The summed E-state index contributed by atoms with van der Waals surface area (Å²) in [5.74, 6) is 0.292. The van der Waals surface area contributed by atoms with E-state index in [-0.39, 0.29) is 0 Å². The van der Waals surface area contributed by atoms with Gasteiger partial charge in [0.15, 0.2) is 0 Å². The SMILES string of the molecule is CC1CCCN1C.CN1CCCC1.CN1CCCC1=O. The van der Waals surface area contributed by atoms with Crippen molar-refractivity contribution < 1.29 is 4.79 Å². The molecule has 0 N–H and O–H groups in total. The number of hydrogen-bond acceptors (Lipinski definition) is 3. The minimum Gasteiger partial charge on any atom is -0.346 e. The third-order valence-corrected chi connectivity index (χ3v) is 4.52. The van der Waals surface area contributed by atoms with Gasteiger partial charge in [-0.25, -0.2) is 0 Å². The summed E-state index contributed by atoms with van der Waals surface area (Å²) in [5.41, 5.74) is 0. The largest absolute Gasteiger partial charge is 0.346 e. The Labute approximate surface area is 125 Å². The first kappa shape index (κ1) is 17.4. The van der Waals surface area contributed by atoms with Crippen LogP contribution >= 0.6 is 0 Å². The van der Waals surface area contributed by atoms with Gasteiger partial charge in [-0.1, -0.05) is 0 Å². The lowest BCUT2D eigenvalue weighted by molar-refractivity contribution is -0.126. The van der Waals surface area contributed by atoms with Crippen LogP contribution in [-0.4, -0.2) is 74.0 Å². The zero-order valence-electron chi connectivity index (χ0n) is 13.9. The molecule has 3 fully saturated rings. The van der Waals surface area contributed by atoms with E-state index in [0.29, 0.717) is 5.91 Å². The van der Waals surface area contributed by atoms with Crippen molar-refractivity contribution in [1.82, 2.24) is 14.7 Å². The first-order valence-electron chi connectivity index (χ1n) is 8.13. The second-order valence-corrected chi connectivity index (χ2v) is 6.40. The number of amides is 1. The maximum Gasteiger partial charge on any atom is 0.222 e. The Hall–Kier alpha value is -0.610. The molecule has 118 valence electrons. The van der Waals surface area contributed by atoms with Crippen molar-refractivity contribution in [3.8, 4) is 0 Å². The Balaban J connectivity index is 0.000000151. The molecule has 20 heavy (non-hydrogen) atoms. The molecule has 0 saturated carbocycles. The lowest BCUT2D eigenvalue weighted by Gasteiger charge is -2.12. The smallest absolute Gasteiger partial charge is 0.222 e. The third kappa shape index (κ3) is 6.71. The quantitative estimate of drug-likeness (QED) is 0.681. The van der Waals surface area contributed by atoms with Crippen LogP contribution in [0.25, 0.3) is 0 Å². The molecule has 0 aliphatic carbocycles. The molecular weight excluding hydrogens is 250 g/mol. The van der Waals surface area contributed by atoms with Gasteiger partial charge in [-0.05, 0) is 72.8 Å². The highest BCUT2D eigenvalue weighted by molar-refractivity contribution is 5.77. The molecule has 3 aliphatic heterocycles. The Morgan fingerprint density at radius 2 is 1.55 bits per heavy atom. The molecule has 0 radical (unpaired) electrons. The summed E-state index contributed by atoms with van der Waals surface area (Å²) >= 11 is 0. The Bertz CT molecular complexity index is 269. The van der Waals surface area contributed by atoms with E-state index >= 15 is 0 Å². The molecule has 1 amide bonds. The summed E-state index contributed by atoms with van der Waals surface area (Å²) in [6.07, 6.45) is 7.44. The van der Waals surface area contributed by atoms with Crippen LogP contribution in [0.15, 0.2) is 0 Å². The zero-order valence-corrected chi connectivity index (χ0v) is 13.9. The van der Waals surface area contributed by atoms with E-state index in [1.807, 2.05) is 7.05 Å². The van der Waals surface area contributed by atoms with Gasteiger partial charge in [0, 0.05) is 26.1 Å². The van der Waals surface area contributed by atoms with Gasteiger partial charge < -0.3 is 14.7 Å². The van der Waals surface area contributed by atoms with Crippen molar-refractivity contribution in [2.75, 3.05) is 47.3 Å². The average molecular weight is 283 g/mol. The molecular formula is C16H33N3O. The van der Waals surface area contributed by atoms with Crippen molar-refractivity contribution in [1.29, 1.82) is 0 Å². The van der Waals surface area contributed by atoms with Gasteiger partial charge in [0.05, 0.1) is 0 Å². The molecule has 0 aromatic heterocycles. The number of rotatable bonds is 0.